The van der Waals surface area contributed by atoms with E-state index in [0.717, 1.165) is 23.0 Å². The van der Waals surface area contributed by atoms with Crippen molar-refractivity contribution in [2.24, 2.45) is 0 Å². The van der Waals surface area contributed by atoms with Crippen LogP contribution in [0.1, 0.15) is 12.1 Å². The van der Waals surface area contributed by atoms with Crippen LogP contribution >= 0.6 is 0 Å². The standard InChI is InChI=1S/C16H20F2N2O/c1-19-13(8-9-21-11-16(17)18)10-14-7-6-12-4-2-3-5-15(12)20-14/h2-7,13,16,19H,8-11H2,1H3. The van der Waals surface area contributed by atoms with E-state index in [9.17, 15) is 8.78 Å². The van der Waals surface area contributed by atoms with E-state index in [1.54, 1.807) is 0 Å². The molecule has 0 aliphatic rings. The van der Waals surface area contributed by atoms with Crippen molar-refractivity contribution in [3.63, 3.8) is 0 Å². The molecule has 2 aromatic rings. The Balaban J connectivity index is 1.90. The molecule has 1 N–H and O–H groups in total. The molecule has 0 radical (unpaired) electrons. The van der Waals surface area contributed by atoms with Gasteiger partial charge in [0.15, 0.2) is 0 Å². The summed E-state index contributed by atoms with van der Waals surface area (Å²) in [7, 11) is 1.86. The lowest BCUT2D eigenvalue weighted by Gasteiger charge is -2.16. The summed E-state index contributed by atoms with van der Waals surface area (Å²) in [5, 5.41) is 4.29. The van der Waals surface area contributed by atoms with Crippen molar-refractivity contribution in [2.75, 3.05) is 20.3 Å². The first-order valence-electron chi connectivity index (χ1n) is 7.07. The zero-order chi connectivity index (χ0) is 15.1. The van der Waals surface area contributed by atoms with Crippen molar-refractivity contribution >= 4 is 10.9 Å². The van der Waals surface area contributed by atoms with Crippen LogP contribution in [0.15, 0.2) is 36.4 Å². The summed E-state index contributed by atoms with van der Waals surface area (Å²) in [4.78, 5) is 4.62. The van der Waals surface area contributed by atoms with Crippen LogP contribution in [-0.2, 0) is 11.2 Å². The van der Waals surface area contributed by atoms with Gasteiger partial charge in [-0.15, -0.1) is 0 Å². The molecule has 21 heavy (non-hydrogen) atoms. The van der Waals surface area contributed by atoms with Gasteiger partial charge >= 0.3 is 0 Å². The number of rotatable bonds is 8. The van der Waals surface area contributed by atoms with Gasteiger partial charge < -0.3 is 10.1 Å². The molecule has 0 aliphatic carbocycles. The van der Waals surface area contributed by atoms with Gasteiger partial charge in [-0.3, -0.25) is 4.98 Å². The van der Waals surface area contributed by atoms with Crippen LogP contribution in [0.2, 0.25) is 0 Å². The Hall–Kier alpha value is -1.59. The summed E-state index contributed by atoms with van der Waals surface area (Å²) in [6.07, 6.45) is -0.975. The number of benzene rings is 1. The third kappa shape index (κ3) is 5.02. The Bertz CT molecular complexity index is 563. The molecule has 0 amide bonds. The lowest BCUT2D eigenvalue weighted by atomic mass is 10.1. The minimum Gasteiger partial charge on any atom is -0.375 e. The molecule has 0 saturated carbocycles. The third-order valence-corrected chi connectivity index (χ3v) is 3.37. The fraction of sp³-hybridized carbons (Fsp3) is 0.438. The van der Waals surface area contributed by atoms with Crippen molar-refractivity contribution in [2.45, 2.75) is 25.3 Å². The molecule has 0 spiro atoms. The van der Waals surface area contributed by atoms with E-state index in [1.807, 2.05) is 37.4 Å². The monoisotopic (exact) mass is 294 g/mol. The van der Waals surface area contributed by atoms with Gasteiger partial charge in [-0.25, -0.2) is 8.78 Å². The molecule has 1 heterocycles. The van der Waals surface area contributed by atoms with Crippen LogP contribution in [0.3, 0.4) is 0 Å². The van der Waals surface area contributed by atoms with E-state index in [1.165, 1.54) is 0 Å². The van der Waals surface area contributed by atoms with Crippen molar-refractivity contribution in [1.29, 1.82) is 0 Å². The molecule has 2 rings (SSSR count). The second-order valence-electron chi connectivity index (χ2n) is 4.94. The van der Waals surface area contributed by atoms with E-state index in [-0.39, 0.29) is 6.04 Å². The summed E-state index contributed by atoms with van der Waals surface area (Å²) in [5.41, 5.74) is 1.96. The number of pyridine rings is 1. The Morgan fingerprint density at radius 3 is 2.76 bits per heavy atom. The quantitative estimate of drug-likeness (QED) is 0.760. The Kier molecular flexibility index (Phi) is 6.02. The number of halogens is 2. The van der Waals surface area contributed by atoms with Crippen molar-refractivity contribution in [3.8, 4) is 0 Å². The first-order valence-corrected chi connectivity index (χ1v) is 7.07. The summed E-state index contributed by atoms with van der Waals surface area (Å²) in [5.74, 6) is 0. The van der Waals surface area contributed by atoms with Crippen LogP contribution in [0, 0.1) is 0 Å². The summed E-state index contributed by atoms with van der Waals surface area (Å²) in [6, 6.07) is 12.2. The number of nitrogens with zero attached hydrogens (tertiary/aromatic N) is 1. The van der Waals surface area contributed by atoms with E-state index in [4.69, 9.17) is 4.74 Å². The molecule has 0 fully saturated rings. The molecule has 1 unspecified atom stereocenters. The van der Waals surface area contributed by atoms with E-state index in [0.29, 0.717) is 13.0 Å². The highest BCUT2D eigenvalue weighted by Gasteiger charge is 2.10. The lowest BCUT2D eigenvalue weighted by Crippen LogP contribution is -2.29. The smallest absolute Gasteiger partial charge is 0.261 e. The Morgan fingerprint density at radius 2 is 2.00 bits per heavy atom. The van der Waals surface area contributed by atoms with Gasteiger partial charge in [0.1, 0.15) is 6.61 Å². The zero-order valence-electron chi connectivity index (χ0n) is 12.1. The molecular formula is C16H20F2N2O. The number of para-hydroxylation sites is 1. The highest BCUT2D eigenvalue weighted by molar-refractivity contribution is 5.78. The van der Waals surface area contributed by atoms with E-state index < -0.39 is 13.0 Å². The number of hydrogen-bond acceptors (Lipinski definition) is 3. The molecule has 0 bridgehead atoms. The molecule has 5 heteroatoms. The van der Waals surface area contributed by atoms with Gasteiger partial charge in [0.05, 0.1) is 5.52 Å². The van der Waals surface area contributed by atoms with Crippen molar-refractivity contribution < 1.29 is 13.5 Å². The van der Waals surface area contributed by atoms with Crippen molar-refractivity contribution in [3.05, 3.63) is 42.1 Å². The molecule has 0 aliphatic heterocycles. The zero-order valence-corrected chi connectivity index (χ0v) is 12.1. The maximum atomic E-state index is 12.0. The molecule has 114 valence electrons. The number of alkyl halides is 2. The Labute approximate surface area is 123 Å². The van der Waals surface area contributed by atoms with Gasteiger partial charge in [-0.1, -0.05) is 24.3 Å². The number of hydrogen-bond donors (Lipinski definition) is 1. The maximum Gasteiger partial charge on any atom is 0.261 e. The fourth-order valence-corrected chi connectivity index (χ4v) is 2.22. The molecule has 1 atom stereocenters. The molecular weight excluding hydrogens is 274 g/mol. The van der Waals surface area contributed by atoms with Crippen LogP contribution in [0.25, 0.3) is 10.9 Å². The minimum absolute atomic E-state index is 0.163. The van der Waals surface area contributed by atoms with Gasteiger partial charge in [-0.2, -0.15) is 0 Å². The second kappa shape index (κ2) is 8.00. The number of nitrogens with one attached hydrogen (secondary N) is 1. The topological polar surface area (TPSA) is 34.1 Å². The maximum absolute atomic E-state index is 12.0. The number of ether oxygens (including phenoxy) is 1. The minimum atomic E-state index is -2.40. The largest absolute Gasteiger partial charge is 0.375 e. The summed E-state index contributed by atoms with van der Waals surface area (Å²) >= 11 is 0. The average molecular weight is 294 g/mol. The van der Waals surface area contributed by atoms with Crippen LogP contribution in [0.4, 0.5) is 8.78 Å². The van der Waals surface area contributed by atoms with Gasteiger partial charge in [0.25, 0.3) is 6.43 Å². The van der Waals surface area contributed by atoms with E-state index in [2.05, 4.69) is 16.4 Å². The highest BCUT2D eigenvalue weighted by Crippen LogP contribution is 2.13. The predicted molar refractivity (Wildman–Crippen MR) is 79.7 cm³/mol. The fourth-order valence-electron chi connectivity index (χ4n) is 2.22. The average Bonchev–Trinajstić information content (AvgIpc) is 2.50. The predicted octanol–water partition coefficient (Wildman–Crippen LogP) is 3.04. The van der Waals surface area contributed by atoms with Gasteiger partial charge in [-0.05, 0) is 25.6 Å². The van der Waals surface area contributed by atoms with Crippen LogP contribution in [0.5, 0.6) is 0 Å². The van der Waals surface area contributed by atoms with Gasteiger partial charge in [0.2, 0.25) is 0 Å². The third-order valence-electron chi connectivity index (χ3n) is 3.37. The number of likely N-dealkylation sites (N-methyl/N-ethyl adjacent to an activating group) is 1. The Morgan fingerprint density at radius 1 is 1.19 bits per heavy atom. The second-order valence-corrected chi connectivity index (χ2v) is 4.94. The molecule has 3 nitrogen and oxygen atoms in total. The first kappa shape index (κ1) is 15.8. The van der Waals surface area contributed by atoms with Gasteiger partial charge in [0, 0.05) is 30.1 Å². The highest BCUT2D eigenvalue weighted by atomic mass is 19.3. The first-order chi connectivity index (χ1) is 10.2. The van der Waals surface area contributed by atoms with Crippen LogP contribution < -0.4 is 5.32 Å². The number of fused-ring (bicyclic) bond motifs is 1. The lowest BCUT2D eigenvalue weighted by molar-refractivity contribution is 0.0146. The molecule has 1 aromatic heterocycles. The number of aromatic nitrogens is 1. The summed E-state index contributed by atoms with van der Waals surface area (Å²) < 4.78 is 28.9. The van der Waals surface area contributed by atoms with Crippen LogP contribution in [-0.4, -0.2) is 37.7 Å². The molecule has 0 saturated heterocycles. The molecule has 1 aromatic carbocycles. The SMILES string of the molecule is CNC(CCOCC(F)F)Cc1ccc2ccccc2n1. The summed E-state index contributed by atoms with van der Waals surface area (Å²) in [6.45, 7) is -0.173. The van der Waals surface area contributed by atoms with E-state index >= 15 is 0 Å². The normalized spacial score (nSPS) is 13.0. The van der Waals surface area contributed by atoms with Crippen molar-refractivity contribution in [1.82, 2.24) is 10.3 Å².